The molecule has 5 heteroatoms. The number of nitrogens with one attached hydrogen (secondary N) is 1. The summed E-state index contributed by atoms with van der Waals surface area (Å²) in [6.45, 7) is 11.8. The number of rotatable bonds is 2. The summed E-state index contributed by atoms with van der Waals surface area (Å²) < 4.78 is 10.8. The van der Waals surface area contributed by atoms with Gasteiger partial charge in [-0.1, -0.05) is 0 Å². The van der Waals surface area contributed by atoms with Crippen LogP contribution in [0.4, 0.5) is 4.79 Å². The number of ether oxygens (including phenoxy) is 2. The molecule has 0 unspecified atom stereocenters. The molecule has 2 aliphatic rings. The SMILES string of the molecule is CC(C)(C)OC(=O)N[C@H]1CC[C@@](C)(N2CCOCC2)CC1. The van der Waals surface area contributed by atoms with Gasteiger partial charge in [0, 0.05) is 24.7 Å². The molecule has 1 saturated carbocycles. The topological polar surface area (TPSA) is 50.8 Å². The van der Waals surface area contributed by atoms with Crippen molar-refractivity contribution >= 4 is 6.09 Å². The molecule has 0 spiro atoms. The largest absolute Gasteiger partial charge is 0.444 e. The fraction of sp³-hybridized carbons (Fsp3) is 0.938. The van der Waals surface area contributed by atoms with E-state index in [2.05, 4.69) is 17.1 Å². The minimum atomic E-state index is -0.429. The normalized spacial score (nSPS) is 31.7. The zero-order valence-corrected chi connectivity index (χ0v) is 13.9. The van der Waals surface area contributed by atoms with Crippen molar-refractivity contribution in [1.82, 2.24) is 10.2 Å². The van der Waals surface area contributed by atoms with E-state index in [9.17, 15) is 4.79 Å². The number of morpholine rings is 1. The quantitative estimate of drug-likeness (QED) is 0.851. The third kappa shape index (κ3) is 4.85. The first kappa shape index (κ1) is 16.6. The van der Waals surface area contributed by atoms with E-state index in [1.807, 2.05) is 20.8 Å². The summed E-state index contributed by atoms with van der Waals surface area (Å²) in [5, 5.41) is 3.01. The molecule has 0 bridgehead atoms. The highest BCUT2D eigenvalue weighted by molar-refractivity contribution is 5.68. The molecule has 1 aliphatic carbocycles. The van der Waals surface area contributed by atoms with E-state index in [-0.39, 0.29) is 17.7 Å². The van der Waals surface area contributed by atoms with Gasteiger partial charge in [-0.2, -0.15) is 0 Å². The first-order chi connectivity index (χ1) is 9.78. The van der Waals surface area contributed by atoms with Crippen molar-refractivity contribution in [3.05, 3.63) is 0 Å². The van der Waals surface area contributed by atoms with Gasteiger partial charge in [-0.25, -0.2) is 4.79 Å². The van der Waals surface area contributed by atoms with Crippen LogP contribution in [-0.2, 0) is 9.47 Å². The van der Waals surface area contributed by atoms with E-state index >= 15 is 0 Å². The molecule has 2 fully saturated rings. The van der Waals surface area contributed by atoms with Gasteiger partial charge in [0.15, 0.2) is 0 Å². The Labute approximate surface area is 128 Å². The van der Waals surface area contributed by atoms with Crippen molar-refractivity contribution in [3.8, 4) is 0 Å². The summed E-state index contributed by atoms with van der Waals surface area (Å²) in [7, 11) is 0. The lowest BCUT2D eigenvalue weighted by molar-refractivity contribution is -0.0328. The molecule has 0 atom stereocenters. The Morgan fingerprint density at radius 1 is 1.24 bits per heavy atom. The maximum absolute atomic E-state index is 11.8. The number of nitrogens with zero attached hydrogens (tertiary/aromatic N) is 1. The van der Waals surface area contributed by atoms with Crippen LogP contribution in [0, 0.1) is 0 Å². The molecule has 1 heterocycles. The van der Waals surface area contributed by atoms with Crippen LogP contribution in [-0.4, -0.2) is 54.5 Å². The lowest BCUT2D eigenvalue weighted by atomic mass is 9.79. The smallest absolute Gasteiger partial charge is 0.407 e. The number of hydrogen-bond acceptors (Lipinski definition) is 4. The van der Waals surface area contributed by atoms with Crippen molar-refractivity contribution in [3.63, 3.8) is 0 Å². The fourth-order valence-corrected chi connectivity index (χ4v) is 3.28. The van der Waals surface area contributed by atoms with Crippen LogP contribution in [0.5, 0.6) is 0 Å². The zero-order chi connectivity index (χ0) is 15.5. The Morgan fingerprint density at radius 3 is 2.33 bits per heavy atom. The van der Waals surface area contributed by atoms with E-state index < -0.39 is 5.60 Å². The highest BCUT2D eigenvalue weighted by Crippen LogP contribution is 2.34. The Balaban J connectivity index is 1.78. The van der Waals surface area contributed by atoms with Gasteiger partial charge in [-0.3, -0.25) is 4.90 Å². The third-order valence-electron chi connectivity index (χ3n) is 4.56. The van der Waals surface area contributed by atoms with Crippen molar-refractivity contribution in [2.24, 2.45) is 0 Å². The van der Waals surface area contributed by atoms with Crippen LogP contribution in [0.2, 0.25) is 0 Å². The van der Waals surface area contributed by atoms with Crippen molar-refractivity contribution in [2.75, 3.05) is 26.3 Å². The second-order valence-electron chi connectivity index (χ2n) is 7.52. The van der Waals surface area contributed by atoms with Crippen LogP contribution in [0.15, 0.2) is 0 Å². The highest BCUT2D eigenvalue weighted by atomic mass is 16.6. The van der Waals surface area contributed by atoms with Gasteiger partial charge < -0.3 is 14.8 Å². The van der Waals surface area contributed by atoms with E-state index in [1.165, 1.54) is 0 Å². The first-order valence-corrected chi connectivity index (χ1v) is 8.11. The molecule has 1 aliphatic heterocycles. The van der Waals surface area contributed by atoms with Gasteiger partial charge in [0.25, 0.3) is 0 Å². The van der Waals surface area contributed by atoms with Crippen molar-refractivity contribution in [1.29, 1.82) is 0 Å². The average Bonchev–Trinajstić information content (AvgIpc) is 2.40. The van der Waals surface area contributed by atoms with Crippen molar-refractivity contribution in [2.45, 2.75) is 70.6 Å². The Kier molecular flexibility index (Phi) is 5.15. The van der Waals surface area contributed by atoms with Gasteiger partial charge >= 0.3 is 6.09 Å². The number of alkyl carbamates (subject to hydrolysis) is 1. The molecule has 5 nitrogen and oxygen atoms in total. The molecule has 0 radical (unpaired) electrons. The number of hydrogen-bond donors (Lipinski definition) is 1. The van der Waals surface area contributed by atoms with Crippen LogP contribution < -0.4 is 5.32 Å². The van der Waals surface area contributed by atoms with Crippen LogP contribution in [0.25, 0.3) is 0 Å². The first-order valence-electron chi connectivity index (χ1n) is 8.11. The lowest BCUT2D eigenvalue weighted by Crippen LogP contribution is -2.55. The van der Waals surface area contributed by atoms with Gasteiger partial charge in [0.2, 0.25) is 0 Å². The minimum absolute atomic E-state index is 0.244. The van der Waals surface area contributed by atoms with E-state index in [0.717, 1.165) is 52.0 Å². The van der Waals surface area contributed by atoms with Crippen LogP contribution in [0.3, 0.4) is 0 Å². The molecule has 0 aromatic rings. The van der Waals surface area contributed by atoms with Crippen LogP contribution in [0.1, 0.15) is 53.4 Å². The molecule has 0 aromatic carbocycles. The summed E-state index contributed by atoms with van der Waals surface area (Å²) in [6, 6.07) is 0.244. The van der Waals surface area contributed by atoms with Crippen LogP contribution >= 0.6 is 0 Å². The van der Waals surface area contributed by atoms with E-state index in [4.69, 9.17) is 9.47 Å². The monoisotopic (exact) mass is 298 g/mol. The predicted molar refractivity (Wildman–Crippen MR) is 82.4 cm³/mol. The lowest BCUT2D eigenvalue weighted by Gasteiger charge is -2.47. The summed E-state index contributed by atoms with van der Waals surface area (Å²) >= 11 is 0. The van der Waals surface area contributed by atoms with Gasteiger partial charge in [-0.15, -0.1) is 0 Å². The molecule has 21 heavy (non-hydrogen) atoms. The maximum Gasteiger partial charge on any atom is 0.407 e. The number of carbonyl (C=O) groups excluding carboxylic acids is 1. The Hall–Kier alpha value is -0.810. The molecule has 0 aromatic heterocycles. The second kappa shape index (κ2) is 6.53. The summed E-state index contributed by atoms with van der Waals surface area (Å²) in [5.74, 6) is 0. The summed E-state index contributed by atoms with van der Waals surface area (Å²) in [4.78, 5) is 14.4. The average molecular weight is 298 g/mol. The van der Waals surface area contributed by atoms with Crippen molar-refractivity contribution < 1.29 is 14.3 Å². The van der Waals surface area contributed by atoms with E-state index in [0.29, 0.717) is 0 Å². The molecule has 1 saturated heterocycles. The minimum Gasteiger partial charge on any atom is -0.444 e. The zero-order valence-electron chi connectivity index (χ0n) is 13.9. The van der Waals surface area contributed by atoms with Gasteiger partial charge in [0.1, 0.15) is 5.60 Å². The third-order valence-corrected chi connectivity index (χ3v) is 4.56. The molecular formula is C16H30N2O3. The summed E-state index contributed by atoms with van der Waals surface area (Å²) in [5.41, 5.74) is -0.170. The molecule has 1 N–H and O–H groups in total. The Morgan fingerprint density at radius 2 is 1.81 bits per heavy atom. The number of carbonyl (C=O) groups is 1. The molecule has 1 amide bonds. The highest BCUT2D eigenvalue weighted by Gasteiger charge is 2.37. The standard InChI is InChI=1S/C16H30N2O3/c1-15(2,3)21-14(19)17-13-5-7-16(4,8-6-13)18-9-11-20-12-10-18/h13H,5-12H2,1-4H3,(H,17,19)/t13-,16+. The summed E-state index contributed by atoms with van der Waals surface area (Å²) in [6.07, 6.45) is 3.99. The predicted octanol–water partition coefficient (Wildman–Crippen LogP) is 2.54. The fourth-order valence-electron chi connectivity index (χ4n) is 3.28. The molecule has 122 valence electrons. The molecular weight excluding hydrogens is 268 g/mol. The maximum atomic E-state index is 11.8. The van der Waals surface area contributed by atoms with Gasteiger partial charge in [-0.05, 0) is 53.4 Å². The molecule has 2 rings (SSSR count). The second-order valence-corrected chi connectivity index (χ2v) is 7.52. The van der Waals surface area contributed by atoms with Gasteiger partial charge in [0.05, 0.1) is 13.2 Å². The number of amides is 1. The van der Waals surface area contributed by atoms with E-state index in [1.54, 1.807) is 0 Å². The Bertz CT molecular complexity index is 351.